The van der Waals surface area contributed by atoms with Crippen molar-refractivity contribution in [3.8, 4) is 10.4 Å². The Morgan fingerprint density at radius 2 is 2.08 bits per heavy atom. The molecule has 4 aromatic rings. The van der Waals surface area contributed by atoms with Gasteiger partial charge < -0.3 is 11.1 Å². The van der Waals surface area contributed by atoms with Crippen LogP contribution in [0.1, 0.15) is 15.2 Å². The standard InChI is InChI=1S/C19H15ClN4OS/c20-13-3-1-2-11(8-13)10-22-19(25)17-7-6-16(26-17)12-4-5-15-14(9-12)18(21)24-23-15/h1-9H,10H2,(H,22,25)(H3,21,23,24). The first kappa shape index (κ1) is 16.6. The number of benzene rings is 2. The SMILES string of the molecule is Nc1n[nH]c2ccc(-c3ccc(C(=O)NCc4cccc(Cl)c4)s3)cc12. The van der Waals surface area contributed by atoms with E-state index >= 15 is 0 Å². The number of anilines is 1. The number of fused-ring (bicyclic) bond motifs is 1. The summed E-state index contributed by atoms with van der Waals surface area (Å²) in [5, 5.41) is 11.3. The molecule has 26 heavy (non-hydrogen) atoms. The highest BCUT2D eigenvalue weighted by Crippen LogP contribution is 2.31. The fourth-order valence-electron chi connectivity index (χ4n) is 2.72. The van der Waals surface area contributed by atoms with Crippen LogP contribution in [0.25, 0.3) is 21.3 Å². The zero-order valence-corrected chi connectivity index (χ0v) is 15.2. The first-order chi connectivity index (χ1) is 12.6. The number of nitrogens with two attached hydrogens (primary N) is 1. The van der Waals surface area contributed by atoms with Gasteiger partial charge >= 0.3 is 0 Å². The number of aromatic amines is 1. The molecule has 7 heteroatoms. The molecule has 0 fully saturated rings. The maximum atomic E-state index is 12.4. The lowest BCUT2D eigenvalue weighted by atomic mass is 10.1. The first-order valence-corrected chi connectivity index (χ1v) is 9.16. The monoisotopic (exact) mass is 382 g/mol. The summed E-state index contributed by atoms with van der Waals surface area (Å²) in [6.07, 6.45) is 0. The fourth-order valence-corrected chi connectivity index (χ4v) is 3.85. The molecule has 0 aliphatic rings. The quantitative estimate of drug-likeness (QED) is 0.487. The lowest BCUT2D eigenvalue weighted by Gasteiger charge is -2.04. The molecule has 5 nitrogen and oxygen atoms in total. The summed E-state index contributed by atoms with van der Waals surface area (Å²) in [5.41, 5.74) is 8.73. The number of hydrogen-bond donors (Lipinski definition) is 3. The summed E-state index contributed by atoms with van der Waals surface area (Å²) in [6.45, 7) is 0.435. The minimum Gasteiger partial charge on any atom is -0.382 e. The molecule has 0 aliphatic carbocycles. The van der Waals surface area contributed by atoms with Crippen LogP contribution in [0, 0.1) is 0 Å². The Balaban J connectivity index is 1.51. The topological polar surface area (TPSA) is 83.8 Å². The molecule has 2 aromatic carbocycles. The summed E-state index contributed by atoms with van der Waals surface area (Å²) in [6, 6.07) is 17.1. The van der Waals surface area contributed by atoms with Gasteiger partial charge in [0.2, 0.25) is 0 Å². The van der Waals surface area contributed by atoms with Gasteiger partial charge in [0.05, 0.1) is 10.4 Å². The van der Waals surface area contributed by atoms with Crippen molar-refractivity contribution in [2.24, 2.45) is 0 Å². The molecule has 0 saturated carbocycles. The van der Waals surface area contributed by atoms with Crippen LogP contribution >= 0.6 is 22.9 Å². The molecule has 2 aromatic heterocycles. The van der Waals surface area contributed by atoms with E-state index in [1.54, 1.807) is 0 Å². The molecule has 2 heterocycles. The fraction of sp³-hybridized carbons (Fsp3) is 0.0526. The van der Waals surface area contributed by atoms with Crippen molar-refractivity contribution in [3.05, 3.63) is 70.1 Å². The van der Waals surface area contributed by atoms with E-state index in [2.05, 4.69) is 15.5 Å². The van der Waals surface area contributed by atoms with Crippen molar-refractivity contribution in [2.75, 3.05) is 5.73 Å². The van der Waals surface area contributed by atoms with E-state index < -0.39 is 0 Å². The number of nitrogen functional groups attached to an aromatic ring is 1. The average Bonchev–Trinajstić information content (AvgIpc) is 3.27. The Hall–Kier alpha value is -2.83. The Bertz CT molecular complexity index is 1100. The van der Waals surface area contributed by atoms with Gasteiger partial charge in [0.25, 0.3) is 5.91 Å². The number of nitrogens with zero attached hydrogens (tertiary/aromatic N) is 1. The smallest absolute Gasteiger partial charge is 0.261 e. The van der Waals surface area contributed by atoms with Crippen LogP contribution in [-0.2, 0) is 6.54 Å². The molecular formula is C19H15ClN4OS. The van der Waals surface area contributed by atoms with Gasteiger partial charge in [-0.3, -0.25) is 9.89 Å². The number of nitrogens with one attached hydrogen (secondary N) is 2. The number of carbonyl (C=O) groups excluding carboxylic acids is 1. The highest BCUT2D eigenvalue weighted by atomic mass is 35.5. The number of amides is 1. The third kappa shape index (κ3) is 3.29. The summed E-state index contributed by atoms with van der Waals surface area (Å²) < 4.78 is 0. The maximum absolute atomic E-state index is 12.4. The van der Waals surface area contributed by atoms with Gasteiger partial charge in [0.15, 0.2) is 5.82 Å². The number of H-pyrrole nitrogens is 1. The van der Waals surface area contributed by atoms with E-state index in [0.717, 1.165) is 26.9 Å². The van der Waals surface area contributed by atoms with Gasteiger partial charge in [0, 0.05) is 21.8 Å². The minimum absolute atomic E-state index is 0.106. The third-order valence-electron chi connectivity index (χ3n) is 4.05. The van der Waals surface area contributed by atoms with E-state index in [4.69, 9.17) is 17.3 Å². The zero-order chi connectivity index (χ0) is 18.1. The van der Waals surface area contributed by atoms with E-state index in [1.165, 1.54) is 11.3 Å². The van der Waals surface area contributed by atoms with E-state index in [-0.39, 0.29) is 5.91 Å². The molecule has 0 radical (unpaired) electrons. The number of thiophene rings is 1. The van der Waals surface area contributed by atoms with Crippen molar-refractivity contribution in [1.82, 2.24) is 15.5 Å². The number of carbonyl (C=O) groups is 1. The molecule has 0 unspecified atom stereocenters. The van der Waals surface area contributed by atoms with Crippen molar-refractivity contribution < 1.29 is 4.79 Å². The normalized spacial score (nSPS) is 11.0. The second kappa shape index (κ2) is 6.82. The molecular weight excluding hydrogens is 368 g/mol. The molecule has 0 spiro atoms. The second-order valence-corrected chi connectivity index (χ2v) is 7.37. The van der Waals surface area contributed by atoms with Crippen molar-refractivity contribution in [3.63, 3.8) is 0 Å². The van der Waals surface area contributed by atoms with Crippen LogP contribution in [0.15, 0.2) is 54.6 Å². The molecule has 0 atom stereocenters. The first-order valence-electron chi connectivity index (χ1n) is 7.96. The predicted octanol–water partition coefficient (Wildman–Crippen LogP) is 4.46. The van der Waals surface area contributed by atoms with Crippen LogP contribution in [0.3, 0.4) is 0 Å². The Labute approximate surface area is 158 Å². The van der Waals surface area contributed by atoms with Crippen molar-refractivity contribution in [1.29, 1.82) is 0 Å². The van der Waals surface area contributed by atoms with Gasteiger partial charge in [-0.2, -0.15) is 5.10 Å². The predicted molar refractivity (Wildman–Crippen MR) is 106 cm³/mol. The maximum Gasteiger partial charge on any atom is 0.261 e. The molecule has 4 N–H and O–H groups in total. The number of rotatable bonds is 4. The lowest BCUT2D eigenvalue weighted by molar-refractivity contribution is 0.0955. The van der Waals surface area contributed by atoms with Crippen molar-refractivity contribution in [2.45, 2.75) is 6.54 Å². The summed E-state index contributed by atoms with van der Waals surface area (Å²) in [4.78, 5) is 14.1. The van der Waals surface area contributed by atoms with Crippen molar-refractivity contribution >= 4 is 45.6 Å². The number of halogens is 1. The van der Waals surface area contributed by atoms with Crippen LogP contribution in [0.2, 0.25) is 5.02 Å². The molecule has 130 valence electrons. The Morgan fingerprint density at radius 1 is 1.19 bits per heavy atom. The highest BCUT2D eigenvalue weighted by molar-refractivity contribution is 7.17. The summed E-state index contributed by atoms with van der Waals surface area (Å²) in [7, 11) is 0. The van der Waals surface area contributed by atoms with E-state index in [1.807, 2.05) is 54.6 Å². The largest absolute Gasteiger partial charge is 0.382 e. The molecule has 0 aliphatic heterocycles. The van der Waals surface area contributed by atoms with Crippen LogP contribution in [0.5, 0.6) is 0 Å². The minimum atomic E-state index is -0.106. The van der Waals surface area contributed by atoms with Crippen LogP contribution in [0.4, 0.5) is 5.82 Å². The molecule has 0 bridgehead atoms. The van der Waals surface area contributed by atoms with Crippen LogP contribution in [-0.4, -0.2) is 16.1 Å². The zero-order valence-electron chi connectivity index (χ0n) is 13.6. The van der Waals surface area contributed by atoms with Gasteiger partial charge in [-0.25, -0.2) is 0 Å². The summed E-state index contributed by atoms with van der Waals surface area (Å²) in [5.74, 6) is 0.364. The number of aromatic nitrogens is 2. The van der Waals surface area contributed by atoms with E-state index in [0.29, 0.717) is 22.3 Å². The van der Waals surface area contributed by atoms with Gasteiger partial charge in [-0.15, -0.1) is 11.3 Å². The molecule has 4 rings (SSSR count). The van der Waals surface area contributed by atoms with E-state index in [9.17, 15) is 4.79 Å². The third-order valence-corrected chi connectivity index (χ3v) is 5.42. The Morgan fingerprint density at radius 3 is 2.92 bits per heavy atom. The van der Waals surface area contributed by atoms with Crippen LogP contribution < -0.4 is 11.1 Å². The lowest BCUT2D eigenvalue weighted by Crippen LogP contribution is -2.21. The molecule has 1 amide bonds. The highest BCUT2D eigenvalue weighted by Gasteiger charge is 2.11. The average molecular weight is 383 g/mol. The molecule has 0 saturated heterocycles. The van der Waals surface area contributed by atoms with Gasteiger partial charge in [-0.1, -0.05) is 29.8 Å². The number of hydrogen-bond acceptors (Lipinski definition) is 4. The Kier molecular flexibility index (Phi) is 4.36. The van der Waals surface area contributed by atoms with Gasteiger partial charge in [-0.05, 0) is 47.5 Å². The van der Waals surface area contributed by atoms with Gasteiger partial charge in [0.1, 0.15) is 0 Å². The summed E-state index contributed by atoms with van der Waals surface area (Å²) >= 11 is 7.41. The second-order valence-electron chi connectivity index (χ2n) is 5.85.